The topological polar surface area (TPSA) is 87.9 Å². The van der Waals surface area contributed by atoms with Crippen LogP contribution in [-0.2, 0) is 11.2 Å². The molecule has 2 aromatic heterocycles. The second-order valence-corrected chi connectivity index (χ2v) is 8.64. The van der Waals surface area contributed by atoms with Crippen LogP contribution in [0.5, 0.6) is 5.75 Å². The van der Waals surface area contributed by atoms with Gasteiger partial charge in [-0.05, 0) is 54.4 Å². The number of furan rings is 1. The molecule has 8 heteroatoms. The summed E-state index contributed by atoms with van der Waals surface area (Å²) in [6.45, 7) is 4.46. The van der Waals surface area contributed by atoms with Gasteiger partial charge in [0.1, 0.15) is 17.1 Å². The SMILES string of the molecule is CCc1ccc(NC(=O)COc2cccc3ccc(N4CCN(C(=O)c5ccco5)CC4)nc23)cc1. The maximum Gasteiger partial charge on any atom is 0.289 e. The Morgan fingerprint density at radius 1 is 0.972 bits per heavy atom. The lowest BCUT2D eigenvalue weighted by Gasteiger charge is -2.35. The molecule has 1 aliphatic heterocycles. The molecule has 184 valence electrons. The minimum Gasteiger partial charge on any atom is -0.481 e. The van der Waals surface area contributed by atoms with Crippen LogP contribution in [0, 0.1) is 0 Å². The van der Waals surface area contributed by atoms with Crippen LogP contribution in [0.15, 0.2) is 77.4 Å². The molecule has 3 heterocycles. The number of piperazine rings is 1. The van der Waals surface area contributed by atoms with Gasteiger partial charge in [-0.2, -0.15) is 0 Å². The summed E-state index contributed by atoms with van der Waals surface area (Å²) in [7, 11) is 0. The van der Waals surface area contributed by atoms with Gasteiger partial charge in [0, 0.05) is 37.3 Å². The summed E-state index contributed by atoms with van der Waals surface area (Å²) in [5.41, 5.74) is 2.65. The van der Waals surface area contributed by atoms with E-state index in [0.29, 0.717) is 43.2 Å². The molecule has 0 saturated carbocycles. The second kappa shape index (κ2) is 10.5. The van der Waals surface area contributed by atoms with Gasteiger partial charge in [0.2, 0.25) is 0 Å². The maximum absolute atomic E-state index is 12.5. The van der Waals surface area contributed by atoms with Gasteiger partial charge in [-0.1, -0.05) is 31.2 Å². The van der Waals surface area contributed by atoms with Crippen LogP contribution in [-0.4, -0.2) is 54.5 Å². The van der Waals surface area contributed by atoms with Gasteiger partial charge in [-0.15, -0.1) is 0 Å². The normalized spacial score (nSPS) is 13.6. The third-order valence-electron chi connectivity index (χ3n) is 6.30. The number of carbonyl (C=O) groups is 2. The second-order valence-electron chi connectivity index (χ2n) is 8.64. The first-order chi connectivity index (χ1) is 17.6. The number of hydrogen-bond donors (Lipinski definition) is 1. The molecule has 0 aliphatic carbocycles. The number of hydrogen-bond acceptors (Lipinski definition) is 6. The number of pyridine rings is 1. The van der Waals surface area contributed by atoms with Crippen LogP contribution in [0.25, 0.3) is 10.9 Å². The van der Waals surface area contributed by atoms with Crippen LogP contribution < -0.4 is 15.0 Å². The highest BCUT2D eigenvalue weighted by atomic mass is 16.5. The molecule has 2 aromatic carbocycles. The summed E-state index contributed by atoms with van der Waals surface area (Å²) in [6, 6.07) is 20.8. The molecule has 0 atom stereocenters. The summed E-state index contributed by atoms with van der Waals surface area (Å²) in [5.74, 6) is 1.39. The molecule has 36 heavy (non-hydrogen) atoms. The predicted octanol–water partition coefficient (Wildman–Crippen LogP) is 4.37. The van der Waals surface area contributed by atoms with Gasteiger partial charge in [-0.25, -0.2) is 4.98 Å². The number of para-hydroxylation sites is 1. The van der Waals surface area contributed by atoms with Crippen molar-refractivity contribution in [2.24, 2.45) is 0 Å². The molecule has 1 saturated heterocycles. The zero-order valence-electron chi connectivity index (χ0n) is 20.1. The molecule has 1 aliphatic rings. The van der Waals surface area contributed by atoms with Crippen molar-refractivity contribution < 1.29 is 18.7 Å². The quantitative estimate of drug-likeness (QED) is 0.419. The number of nitrogens with one attached hydrogen (secondary N) is 1. The third-order valence-corrected chi connectivity index (χ3v) is 6.30. The number of fused-ring (bicyclic) bond motifs is 1. The zero-order valence-corrected chi connectivity index (χ0v) is 20.1. The standard InChI is InChI=1S/C28H28N4O4/c1-2-20-8-11-22(12-9-20)29-26(33)19-36-23-6-3-5-21-10-13-25(30-27(21)23)31-14-16-32(17-15-31)28(34)24-7-4-18-35-24/h3-13,18H,2,14-17,19H2,1H3,(H,29,33). The van der Waals surface area contributed by atoms with Crippen molar-refractivity contribution in [1.82, 2.24) is 9.88 Å². The molecule has 1 fully saturated rings. The molecular weight excluding hydrogens is 456 g/mol. The monoisotopic (exact) mass is 484 g/mol. The van der Waals surface area contributed by atoms with Crippen molar-refractivity contribution in [1.29, 1.82) is 0 Å². The van der Waals surface area contributed by atoms with Crippen molar-refractivity contribution in [2.45, 2.75) is 13.3 Å². The highest BCUT2D eigenvalue weighted by Crippen LogP contribution is 2.27. The summed E-state index contributed by atoms with van der Waals surface area (Å²) >= 11 is 0. The molecule has 0 radical (unpaired) electrons. The number of carbonyl (C=O) groups excluding carboxylic acids is 2. The number of aryl methyl sites for hydroxylation is 1. The number of anilines is 2. The maximum atomic E-state index is 12.5. The van der Waals surface area contributed by atoms with E-state index in [1.165, 1.54) is 11.8 Å². The smallest absolute Gasteiger partial charge is 0.289 e. The zero-order chi connectivity index (χ0) is 24.9. The predicted molar refractivity (Wildman–Crippen MR) is 139 cm³/mol. The van der Waals surface area contributed by atoms with Crippen LogP contribution in [0.2, 0.25) is 0 Å². The number of benzene rings is 2. The summed E-state index contributed by atoms with van der Waals surface area (Å²) in [5, 5.41) is 3.80. The fourth-order valence-electron chi connectivity index (χ4n) is 4.26. The fourth-order valence-corrected chi connectivity index (χ4v) is 4.26. The number of amides is 2. The Hall–Kier alpha value is -4.33. The van der Waals surface area contributed by atoms with E-state index in [-0.39, 0.29) is 18.4 Å². The van der Waals surface area contributed by atoms with Crippen molar-refractivity contribution in [3.05, 3.63) is 84.3 Å². The van der Waals surface area contributed by atoms with Crippen LogP contribution in [0.3, 0.4) is 0 Å². The Bertz CT molecular complexity index is 1340. The van der Waals surface area contributed by atoms with Gasteiger partial charge in [0.25, 0.3) is 11.8 Å². The van der Waals surface area contributed by atoms with Gasteiger partial charge in [-0.3, -0.25) is 9.59 Å². The summed E-state index contributed by atoms with van der Waals surface area (Å²) in [4.78, 5) is 33.8. The average Bonchev–Trinajstić information content (AvgIpc) is 3.47. The van der Waals surface area contributed by atoms with Gasteiger partial charge < -0.3 is 24.3 Å². The molecular formula is C28H28N4O4. The van der Waals surface area contributed by atoms with E-state index >= 15 is 0 Å². The van der Waals surface area contributed by atoms with Crippen molar-refractivity contribution in [3.63, 3.8) is 0 Å². The van der Waals surface area contributed by atoms with Crippen LogP contribution in [0.4, 0.5) is 11.5 Å². The highest BCUT2D eigenvalue weighted by Gasteiger charge is 2.24. The highest BCUT2D eigenvalue weighted by molar-refractivity contribution is 5.93. The molecule has 0 bridgehead atoms. The average molecular weight is 485 g/mol. The Morgan fingerprint density at radius 2 is 1.78 bits per heavy atom. The number of aromatic nitrogens is 1. The van der Waals surface area contributed by atoms with Crippen molar-refractivity contribution in [2.75, 3.05) is 43.0 Å². The summed E-state index contributed by atoms with van der Waals surface area (Å²) in [6.07, 6.45) is 2.46. The van der Waals surface area contributed by atoms with Crippen molar-refractivity contribution in [3.8, 4) is 5.75 Å². The lowest BCUT2D eigenvalue weighted by atomic mass is 10.1. The van der Waals surface area contributed by atoms with E-state index in [9.17, 15) is 9.59 Å². The Labute approximate surface area is 209 Å². The largest absolute Gasteiger partial charge is 0.481 e. The minimum absolute atomic E-state index is 0.0959. The van der Waals surface area contributed by atoms with E-state index in [4.69, 9.17) is 14.1 Å². The Balaban J connectivity index is 1.23. The number of ether oxygens (including phenoxy) is 1. The first-order valence-electron chi connectivity index (χ1n) is 12.1. The van der Waals surface area contributed by atoms with E-state index < -0.39 is 0 Å². The number of rotatable bonds is 7. The minimum atomic E-state index is -0.232. The molecule has 8 nitrogen and oxygen atoms in total. The summed E-state index contributed by atoms with van der Waals surface area (Å²) < 4.78 is 11.1. The number of nitrogens with zero attached hydrogens (tertiary/aromatic N) is 3. The third kappa shape index (κ3) is 5.17. The lowest BCUT2D eigenvalue weighted by Crippen LogP contribution is -2.49. The van der Waals surface area contributed by atoms with E-state index in [0.717, 1.165) is 23.3 Å². The van der Waals surface area contributed by atoms with E-state index in [1.807, 2.05) is 54.6 Å². The molecule has 5 rings (SSSR count). The molecule has 1 N–H and O–H groups in total. The van der Waals surface area contributed by atoms with Crippen LogP contribution >= 0.6 is 0 Å². The Kier molecular flexibility index (Phi) is 6.84. The Morgan fingerprint density at radius 3 is 2.50 bits per heavy atom. The lowest BCUT2D eigenvalue weighted by molar-refractivity contribution is -0.118. The first-order valence-corrected chi connectivity index (χ1v) is 12.1. The van der Waals surface area contributed by atoms with Crippen molar-refractivity contribution >= 4 is 34.2 Å². The molecule has 0 unspecified atom stereocenters. The van der Waals surface area contributed by atoms with Gasteiger partial charge >= 0.3 is 0 Å². The van der Waals surface area contributed by atoms with E-state index in [1.54, 1.807) is 17.0 Å². The van der Waals surface area contributed by atoms with Crippen LogP contribution in [0.1, 0.15) is 23.0 Å². The fraction of sp³-hybridized carbons (Fsp3) is 0.250. The molecule has 4 aromatic rings. The first kappa shape index (κ1) is 23.4. The van der Waals surface area contributed by atoms with E-state index in [2.05, 4.69) is 17.1 Å². The van der Waals surface area contributed by atoms with Gasteiger partial charge in [0.05, 0.1) is 6.26 Å². The molecule has 0 spiro atoms. The van der Waals surface area contributed by atoms with Gasteiger partial charge in [0.15, 0.2) is 12.4 Å². The molecule has 2 amide bonds.